The maximum Gasteiger partial charge on any atom is 0.408 e. The Morgan fingerprint density at radius 1 is 0.885 bits per heavy atom. The molecule has 3 aromatic rings. The number of pyridine rings is 1. The Kier molecular flexibility index (Phi) is 4.36. The van der Waals surface area contributed by atoms with Gasteiger partial charge in [-0.25, -0.2) is 4.79 Å². The molecular formula is C22H16N2O2. The standard InChI is InChI=1S/C22H16N2O2/c25-22-24-20(21(26-22)19-11-4-5-14-23-19)18-10-6-9-17(15-18)13-12-16-7-2-1-3-8-16/h1-11,14-15,20-21H,(H,24,25)/t20-,21-/m1/s1. The summed E-state index contributed by atoms with van der Waals surface area (Å²) >= 11 is 0. The molecule has 0 bridgehead atoms. The van der Waals surface area contributed by atoms with Crippen LogP contribution in [0.4, 0.5) is 4.79 Å². The molecule has 4 heteroatoms. The lowest BCUT2D eigenvalue weighted by molar-refractivity contribution is 0.130. The molecule has 0 unspecified atom stereocenters. The fourth-order valence-electron chi connectivity index (χ4n) is 2.93. The molecule has 0 radical (unpaired) electrons. The molecule has 1 fully saturated rings. The summed E-state index contributed by atoms with van der Waals surface area (Å²) in [5, 5.41) is 2.87. The zero-order valence-electron chi connectivity index (χ0n) is 13.9. The van der Waals surface area contributed by atoms with Crippen LogP contribution in [0.1, 0.15) is 34.5 Å². The number of nitrogens with one attached hydrogen (secondary N) is 1. The van der Waals surface area contributed by atoms with Crippen molar-refractivity contribution in [3.8, 4) is 11.8 Å². The lowest BCUT2D eigenvalue weighted by atomic mass is 9.98. The number of cyclic esters (lactones) is 1. The Hall–Kier alpha value is -3.58. The predicted octanol–water partition coefficient (Wildman–Crippen LogP) is 4.00. The number of amides is 1. The molecule has 0 saturated carbocycles. The van der Waals surface area contributed by atoms with Gasteiger partial charge in [0.1, 0.15) is 6.04 Å². The van der Waals surface area contributed by atoms with Gasteiger partial charge in [0.2, 0.25) is 0 Å². The first-order valence-electron chi connectivity index (χ1n) is 8.35. The molecule has 0 aliphatic carbocycles. The quantitative estimate of drug-likeness (QED) is 0.717. The van der Waals surface area contributed by atoms with Crippen molar-refractivity contribution in [1.82, 2.24) is 10.3 Å². The van der Waals surface area contributed by atoms with Gasteiger partial charge in [0.25, 0.3) is 0 Å². The van der Waals surface area contributed by atoms with E-state index < -0.39 is 12.2 Å². The maximum atomic E-state index is 11.8. The van der Waals surface area contributed by atoms with Crippen molar-refractivity contribution in [2.24, 2.45) is 0 Å². The Balaban J connectivity index is 1.63. The molecule has 26 heavy (non-hydrogen) atoms. The molecule has 1 saturated heterocycles. The molecule has 1 aromatic heterocycles. The minimum absolute atomic E-state index is 0.295. The number of hydrogen-bond acceptors (Lipinski definition) is 3. The lowest BCUT2D eigenvalue weighted by Crippen LogP contribution is -2.19. The van der Waals surface area contributed by atoms with Crippen molar-refractivity contribution in [2.45, 2.75) is 12.1 Å². The van der Waals surface area contributed by atoms with Gasteiger partial charge in [-0.1, -0.05) is 48.2 Å². The Morgan fingerprint density at radius 3 is 2.46 bits per heavy atom. The van der Waals surface area contributed by atoms with Crippen LogP contribution >= 0.6 is 0 Å². The molecule has 1 amide bonds. The Labute approximate surface area is 151 Å². The number of ether oxygens (including phenoxy) is 1. The average molecular weight is 340 g/mol. The molecule has 1 N–H and O–H groups in total. The number of hydrogen-bond donors (Lipinski definition) is 1. The van der Waals surface area contributed by atoms with Gasteiger partial charge in [-0.2, -0.15) is 0 Å². The minimum atomic E-state index is -0.457. The highest BCUT2D eigenvalue weighted by molar-refractivity contribution is 5.71. The minimum Gasteiger partial charge on any atom is -0.437 e. The van der Waals surface area contributed by atoms with Gasteiger partial charge in [-0.3, -0.25) is 4.98 Å². The maximum absolute atomic E-state index is 11.8. The topological polar surface area (TPSA) is 51.2 Å². The largest absolute Gasteiger partial charge is 0.437 e. The van der Waals surface area contributed by atoms with Crippen LogP contribution in [0.2, 0.25) is 0 Å². The second kappa shape index (κ2) is 7.12. The Morgan fingerprint density at radius 2 is 1.65 bits per heavy atom. The number of carbonyl (C=O) groups is 1. The molecule has 0 spiro atoms. The Bertz CT molecular complexity index is 975. The van der Waals surface area contributed by atoms with E-state index >= 15 is 0 Å². The van der Waals surface area contributed by atoms with Crippen LogP contribution in [-0.2, 0) is 4.74 Å². The monoisotopic (exact) mass is 340 g/mol. The van der Waals surface area contributed by atoms with Crippen LogP contribution in [0.15, 0.2) is 79.0 Å². The van der Waals surface area contributed by atoms with Crippen molar-refractivity contribution >= 4 is 6.09 Å². The first-order chi connectivity index (χ1) is 12.8. The second-order valence-corrected chi connectivity index (χ2v) is 5.94. The van der Waals surface area contributed by atoms with Crippen LogP contribution in [-0.4, -0.2) is 11.1 Å². The molecule has 1 aliphatic rings. The highest BCUT2D eigenvalue weighted by Crippen LogP contribution is 2.35. The number of rotatable bonds is 2. The van der Waals surface area contributed by atoms with E-state index in [-0.39, 0.29) is 6.04 Å². The molecule has 1 aliphatic heterocycles. The van der Waals surface area contributed by atoms with E-state index in [1.807, 2.05) is 72.8 Å². The van der Waals surface area contributed by atoms with Gasteiger partial charge < -0.3 is 10.1 Å². The molecular weight excluding hydrogens is 324 g/mol. The van der Waals surface area contributed by atoms with Crippen LogP contribution in [0.25, 0.3) is 0 Å². The smallest absolute Gasteiger partial charge is 0.408 e. The normalized spacial score (nSPS) is 18.4. The number of benzene rings is 2. The van der Waals surface area contributed by atoms with E-state index in [0.29, 0.717) is 0 Å². The SMILES string of the molecule is O=C1N[C@H](c2cccc(C#Cc3ccccc3)c2)[C@@H](c2ccccn2)O1. The fraction of sp³-hybridized carbons (Fsp3) is 0.0909. The molecule has 2 aromatic carbocycles. The highest BCUT2D eigenvalue weighted by Gasteiger charge is 2.37. The van der Waals surface area contributed by atoms with Crippen LogP contribution in [0.5, 0.6) is 0 Å². The van der Waals surface area contributed by atoms with Gasteiger partial charge in [0, 0.05) is 17.3 Å². The van der Waals surface area contributed by atoms with E-state index in [1.165, 1.54) is 0 Å². The van der Waals surface area contributed by atoms with E-state index in [9.17, 15) is 4.79 Å². The summed E-state index contributed by atoms with van der Waals surface area (Å²) in [6.45, 7) is 0. The van der Waals surface area contributed by atoms with Gasteiger partial charge in [-0.05, 0) is 42.0 Å². The molecule has 2 atom stereocenters. The summed E-state index contributed by atoms with van der Waals surface area (Å²) < 4.78 is 5.43. The van der Waals surface area contributed by atoms with E-state index in [4.69, 9.17) is 4.74 Å². The summed E-state index contributed by atoms with van der Waals surface area (Å²) in [6, 6.07) is 22.9. The van der Waals surface area contributed by atoms with E-state index in [0.717, 1.165) is 22.4 Å². The third-order valence-electron chi connectivity index (χ3n) is 4.16. The van der Waals surface area contributed by atoms with Gasteiger partial charge in [0.05, 0.1) is 5.69 Å². The molecule has 4 rings (SSSR count). The fourth-order valence-corrected chi connectivity index (χ4v) is 2.93. The number of nitrogens with zero attached hydrogens (tertiary/aromatic N) is 1. The first kappa shape index (κ1) is 15.9. The first-order valence-corrected chi connectivity index (χ1v) is 8.35. The molecule has 4 nitrogen and oxygen atoms in total. The van der Waals surface area contributed by atoms with Gasteiger partial charge in [0.15, 0.2) is 6.10 Å². The number of alkyl carbamates (subject to hydrolysis) is 1. The second-order valence-electron chi connectivity index (χ2n) is 5.94. The van der Waals surface area contributed by atoms with Crippen LogP contribution < -0.4 is 5.32 Å². The lowest BCUT2D eigenvalue weighted by Gasteiger charge is -2.16. The zero-order chi connectivity index (χ0) is 17.8. The van der Waals surface area contributed by atoms with Crippen LogP contribution in [0, 0.1) is 11.8 Å². The van der Waals surface area contributed by atoms with Crippen molar-refractivity contribution in [2.75, 3.05) is 0 Å². The highest BCUT2D eigenvalue weighted by atomic mass is 16.6. The van der Waals surface area contributed by atoms with Crippen molar-refractivity contribution in [3.05, 3.63) is 101 Å². The van der Waals surface area contributed by atoms with Crippen molar-refractivity contribution in [3.63, 3.8) is 0 Å². The summed E-state index contributed by atoms with van der Waals surface area (Å²) in [5.74, 6) is 6.32. The molecule has 126 valence electrons. The third kappa shape index (κ3) is 3.42. The predicted molar refractivity (Wildman–Crippen MR) is 98.2 cm³/mol. The summed E-state index contributed by atoms with van der Waals surface area (Å²) in [7, 11) is 0. The molecule has 2 heterocycles. The van der Waals surface area contributed by atoms with E-state index in [2.05, 4.69) is 22.1 Å². The number of aromatic nitrogens is 1. The van der Waals surface area contributed by atoms with Crippen molar-refractivity contribution < 1.29 is 9.53 Å². The summed E-state index contributed by atoms with van der Waals surface area (Å²) in [6.07, 6.45) is 0.799. The van der Waals surface area contributed by atoms with Crippen LogP contribution in [0.3, 0.4) is 0 Å². The van der Waals surface area contributed by atoms with Gasteiger partial charge >= 0.3 is 6.09 Å². The number of carbonyl (C=O) groups excluding carboxylic acids is 1. The zero-order valence-corrected chi connectivity index (χ0v) is 13.9. The third-order valence-corrected chi connectivity index (χ3v) is 4.16. The van der Waals surface area contributed by atoms with Gasteiger partial charge in [-0.15, -0.1) is 0 Å². The summed E-state index contributed by atoms with van der Waals surface area (Å²) in [4.78, 5) is 16.1. The van der Waals surface area contributed by atoms with E-state index in [1.54, 1.807) is 6.20 Å². The summed E-state index contributed by atoms with van der Waals surface area (Å²) in [5.41, 5.74) is 3.50. The van der Waals surface area contributed by atoms with Crippen molar-refractivity contribution in [1.29, 1.82) is 0 Å². The average Bonchev–Trinajstić information content (AvgIpc) is 3.10.